The van der Waals surface area contributed by atoms with Crippen molar-refractivity contribution in [1.29, 1.82) is 5.41 Å². The van der Waals surface area contributed by atoms with E-state index in [9.17, 15) is 18.0 Å². The third kappa shape index (κ3) is 8.39. The number of nitrogens with one attached hydrogen (secondary N) is 2. The van der Waals surface area contributed by atoms with Crippen LogP contribution in [0.3, 0.4) is 0 Å². The van der Waals surface area contributed by atoms with Crippen LogP contribution in [-0.2, 0) is 26.0 Å². The van der Waals surface area contributed by atoms with Gasteiger partial charge in [0.15, 0.2) is 9.84 Å². The van der Waals surface area contributed by atoms with Crippen molar-refractivity contribution in [2.45, 2.75) is 11.5 Å². The maximum atomic E-state index is 13.0. The summed E-state index contributed by atoms with van der Waals surface area (Å²) in [4.78, 5) is 30.3. The summed E-state index contributed by atoms with van der Waals surface area (Å²) in [5.74, 6) is -0.277. The van der Waals surface area contributed by atoms with Crippen molar-refractivity contribution in [3.05, 3.63) is 113 Å². The molecule has 0 unspecified atom stereocenters. The molecule has 0 bridgehead atoms. The van der Waals surface area contributed by atoms with Crippen molar-refractivity contribution in [3.63, 3.8) is 0 Å². The Morgan fingerprint density at radius 1 is 1.02 bits per heavy atom. The number of nitrogens with zero attached hydrogens (tertiary/aromatic N) is 2. The predicted octanol–water partition coefficient (Wildman–Crippen LogP) is 6.43. The fourth-order valence-electron chi connectivity index (χ4n) is 4.66. The van der Waals surface area contributed by atoms with Gasteiger partial charge in [0.05, 0.1) is 38.4 Å². The number of rotatable bonds is 10. The second-order valence-corrected chi connectivity index (χ2v) is 13.9. The summed E-state index contributed by atoms with van der Waals surface area (Å²) >= 11 is 7.86. The highest BCUT2D eigenvalue weighted by Crippen LogP contribution is 2.34. The molecule has 4 aromatic rings. The van der Waals surface area contributed by atoms with Crippen LogP contribution in [0.15, 0.2) is 102 Å². The maximum Gasteiger partial charge on any atom is 0.410 e. The highest BCUT2D eigenvalue weighted by molar-refractivity contribution is 7.90. The fourth-order valence-corrected chi connectivity index (χ4v) is 6.49. The zero-order chi connectivity index (χ0) is 32.0. The molecule has 45 heavy (non-hydrogen) atoms. The van der Waals surface area contributed by atoms with E-state index in [1.807, 2.05) is 66.7 Å². The Balaban J connectivity index is 1.30. The number of sulfone groups is 1. The van der Waals surface area contributed by atoms with Crippen molar-refractivity contribution in [2.24, 2.45) is 0 Å². The number of halogens is 1. The molecule has 2 amide bonds. The SMILES string of the molecule is CS(=O)(=O)c1cccc(-c2ccc(/C(=C/C(=N)CN3CCN(C(=O)OCc4ccccc4)CC3=O)Nc3ccccc3Cl)s2)c1. The largest absolute Gasteiger partial charge is 0.445 e. The van der Waals surface area contributed by atoms with Crippen LogP contribution in [0.2, 0.25) is 5.02 Å². The van der Waals surface area contributed by atoms with Crippen LogP contribution < -0.4 is 5.32 Å². The highest BCUT2D eigenvalue weighted by Gasteiger charge is 2.28. The second kappa shape index (κ2) is 14.1. The summed E-state index contributed by atoms with van der Waals surface area (Å²) in [5, 5.41) is 12.6. The van der Waals surface area contributed by atoms with Crippen molar-refractivity contribution in [1.82, 2.24) is 9.80 Å². The number of anilines is 1. The molecule has 0 atom stereocenters. The van der Waals surface area contributed by atoms with Crippen molar-refractivity contribution >= 4 is 61.9 Å². The molecule has 0 aliphatic carbocycles. The standard InChI is InChI=1S/C33H31ClN4O5S2/c1-45(41,42)26-11-7-10-24(18-26)30-14-15-31(44-30)29(36-28-13-6-5-12-27(28)34)19-25(35)20-37-16-17-38(21-32(37)39)33(40)43-22-23-8-3-2-4-9-23/h2-15,18-19,35-36H,16-17,20-22H2,1H3/b29-19-,35-25?. The van der Waals surface area contributed by atoms with E-state index in [0.717, 1.165) is 20.9 Å². The first-order valence-corrected chi connectivity index (χ1v) is 17.1. The van der Waals surface area contributed by atoms with Crippen LogP contribution in [0, 0.1) is 5.41 Å². The average molecular weight is 663 g/mol. The van der Waals surface area contributed by atoms with E-state index in [1.54, 1.807) is 35.2 Å². The van der Waals surface area contributed by atoms with E-state index in [0.29, 0.717) is 23.0 Å². The highest BCUT2D eigenvalue weighted by atomic mass is 35.5. The average Bonchev–Trinajstić information content (AvgIpc) is 3.52. The van der Waals surface area contributed by atoms with Gasteiger partial charge in [0.2, 0.25) is 5.91 Å². The molecule has 0 spiro atoms. The predicted molar refractivity (Wildman–Crippen MR) is 178 cm³/mol. The molecule has 1 saturated heterocycles. The van der Waals surface area contributed by atoms with Gasteiger partial charge in [-0.25, -0.2) is 13.2 Å². The van der Waals surface area contributed by atoms with Gasteiger partial charge in [-0.3, -0.25) is 9.69 Å². The maximum absolute atomic E-state index is 13.0. The molecular formula is C33H31ClN4O5S2. The summed E-state index contributed by atoms with van der Waals surface area (Å²) in [5.41, 5.74) is 3.03. The lowest BCUT2D eigenvalue weighted by Gasteiger charge is -2.33. The van der Waals surface area contributed by atoms with Gasteiger partial charge >= 0.3 is 6.09 Å². The number of benzene rings is 3. The number of ether oxygens (including phenoxy) is 1. The molecule has 0 saturated carbocycles. The Morgan fingerprint density at radius 2 is 1.78 bits per heavy atom. The van der Waals surface area contributed by atoms with Gasteiger partial charge in [0.25, 0.3) is 0 Å². The molecule has 12 heteroatoms. The molecule has 5 rings (SSSR count). The van der Waals surface area contributed by atoms with E-state index in [-0.39, 0.29) is 42.8 Å². The van der Waals surface area contributed by atoms with Gasteiger partial charge in [0, 0.05) is 24.2 Å². The summed E-state index contributed by atoms with van der Waals surface area (Å²) in [6.07, 6.45) is 2.28. The third-order valence-corrected chi connectivity index (χ3v) is 9.63. The number of hydrogen-bond donors (Lipinski definition) is 2. The van der Waals surface area contributed by atoms with E-state index in [1.165, 1.54) is 22.5 Å². The number of piperazine rings is 1. The van der Waals surface area contributed by atoms with Gasteiger partial charge in [-0.1, -0.05) is 66.2 Å². The monoisotopic (exact) mass is 662 g/mol. The van der Waals surface area contributed by atoms with Gasteiger partial charge < -0.3 is 20.4 Å². The third-order valence-electron chi connectivity index (χ3n) is 7.02. The molecule has 2 heterocycles. The molecular weight excluding hydrogens is 632 g/mol. The Kier molecular flexibility index (Phi) is 10.0. The van der Waals surface area contributed by atoms with Crippen molar-refractivity contribution in [3.8, 4) is 10.4 Å². The van der Waals surface area contributed by atoms with Crippen LogP contribution in [0.5, 0.6) is 0 Å². The topological polar surface area (TPSA) is 120 Å². The summed E-state index contributed by atoms with van der Waals surface area (Å²) in [6, 6.07) is 27.1. The van der Waals surface area contributed by atoms with Gasteiger partial charge in [-0.05, 0) is 53.6 Å². The van der Waals surface area contributed by atoms with Crippen LogP contribution >= 0.6 is 22.9 Å². The summed E-state index contributed by atoms with van der Waals surface area (Å²) in [7, 11) is -3.37. The van der Waals surface area contributed by atoms with Crippen LogP contribution in [-0.4, -0.2) is 68.4 Å². The zero-order valence-corrected chi connectivity index (χ0v) is 26.8. The first kappa shape index (κ1) is 32.0. The van der Waals surface area contributed by atoms with Crippen molar-refractivity contribution < 1.29 is 22.7 Å². The van der Waals surface area contributed by atoms with Gasteiger partial charge in [0.1, 0.15) is 13.2 Å². The molecule has 232 valence electrons. The molecule has 1 fully saturated rings. The number of thiophene rings is 1. The fraction of sp³-hybridized carbons (Fsp3) is 0.182. The Labute approximate surface area is 271 Å². The minimum atomic E-state index is -3.37. The normalized spacial score (nSPS) is 13.9. The molecule has 1 aromatic heterocycles. The molecule has 3 aromatic carbocycles. The Morgan fingerprint density at radius 3 is 2.51 bits per heavy atom. The summed E-state index contributed by atoms with van der Waals surface area (Å²) < 4.78 is 29.6. The first-order chi connectivity index (χ1) is 21.6. The van der Waals surface area contributed by atoms with E-state index in [4.69, 9.17) is 21.7 Å². The zero-order valence-electron chi connectivity index (χ0n) is 24.4. The number of carbonyl (C=O) groups is 2. The minimum absolute atomic E-state index is 0.0497. The molecule has 2 N–H and O–H groups in total. The molecule has 9 nitrogen and oxygen atoms in total. The number of hydrogen-bond acceptors (Lipinski definition) is 8. The second-order valence-electron chi connectivity index (χ2n) is 10.4. The van der Waals surface area contributed by atoms with E-state index in [2.05, 4.69) is 5.32 Å². The molecule has 1 aliphatic heterocycles. The lowest BCUT2D eigenvalue weighted by molar-refractivity contribution is -0.134. The van der Waals surface area contributed by atoms with E-state index >= 15 is 0 Å². The van der Waals surface area contributed by atoms with Gasteiger partial charge in [-0.2, -0.15) is 0 Å². The number of amides is 2. The smallest absolute Gasteiger partial charge is 0.410 e. The van der Waals surface area contributed by atoms with Crippen molar-refractivity contribution in [2.75, 3.05) is 37.8 Å². The quantitative estimate of drug-likeness (QED) is 0.189. The van der Waals surface area contributed by atoms with E-state index < -0.39 is 15.9 Å². The number of para-hydroxylation sites is 1. The molecule has 1 aliphatic rings. The number of carbonyl (C=O) groups excluding carboxylic acids is 2. The lowest BCUT2D eigenvalue weighted by Crippen LogP contribution is -2.53. The Bertz CT molecular complexity index is 1860. The van der Waals surface area contributed by atoms with Crippen LogP contribution in [0.25, 0.3) is 16.1 Å². The lowest BCUT2D eigenvalue weighted by atomic mass is 10.2. The molecule has 0 radical (unpaired) electrons. The summed E-state index contributed by atoms with van der Waals surface area (Å²) in [6.45, 7) is 0.604. The Hall–Kier alpha value is -4.45. The van der Waals surface area contributed by atoms with Crippen LogP contribution in [0.4, 0.5) is 10.5 Å². The van der Waals surface area contributed by atoms with Gasteiger partial charge in [-0.15, -0.1) is 11.3 Å². The minimum Gasteiger partial charge on any atom is -0.445 e. The van der Waals surface area contributed by atoms with Crippen LogP contribution in [0.1, 0.15) is 10.4 Å². The first-order valence-electron chi connectivity index (χ1n) is 14.0.